The van der Waals surface area contributed by atoms with Crippen LogP contribution in [-0.4, -0.2) is 37.9 Å². The third-order valence-corrected chi connectivity index (χ3v) is 12.2. The topological polar surface area (TPSA) is 55.8 Å². The summed E-state index contributed by atoms with van der Waals surface area (Å²) in [5, 5.41) is 0. The Labute approximate surface area is 183 Å². The number of carbonyl (C=O) groups is 2. The van der Waals surface area contributed by atoms with Crippen LogP contribution in [0, 0.1) is 0 Å². The minimum atomic E-state index is -4.47. The number of hydrogen-bond acceptors (Lipinski definition) is 4. The molecular formula is C22H32F3NO4Si. The van der Waals surface area contributed by atoms with E-state index >= 15 is 0 Å². The largest absolute Gasteiger partial charge is 0.449 e. The van der Waals surface area contributed by atoms with Crippen molar-refractivity contribution in [2.45, 2.75) is 83.4 Å². The molecule has 9 heteroatoms. The second-order valence-corrected chi connectivity index (χ2v) is 14.2. The summed E-state index contributed by atoms with van der Waals surface area (Å²) in [7, 11) is -2.48. The van der Waals surface area contributed by atoms with E-state index in [1.165, 1.54) is 12.1 Å². The normalized spacial score (nSPS) is 19.9. The fourth-order valence-electron chi connectivity index (χ4n) is 4.80. The molecule has 0 saturated carbocycles. The number of ether oxygens (including phenoxy) is 1. The quantitative estimate of drug-likeness (QED) is 0.354. The first kappa shape index (κ1) is 25.4. The summed E-state index contributed by atoms with van der Waals surface area (Å²) in [6.07, 6.45) is -6.22. The summed E-state index contributed by atoms with van der Waals surface area (Å²) in [6, 6.07) is 3.68. The zero-order valence-corrected chi connectivity index (χ0v) is 20.1. The summed E-state index contributed by atoms with van der Waals surface area (Å²) >= 11 is 0. The first-order valence-electron chi connectivity index (χ1n) is 10.6. The second kappa shape index (κ2) is 9.32. The molecular weight excluding hydrogens is 427 g/mol. The Hall–Kier alpha value is -1.87. The van der Waals surface area contributed by atoms with E-state index in [1.54, 1.807) is 6.92 Å². The van der Waals surface area contributed by atoms with Crippen LogP contribution in [0.25, 0.3) is 0 Å². The van der Waals surface area contributed by atoms with Crippen molar-refractivity contribution >= 4 is 20.3 Å². The van der Waals surface area contributed by atoms with Gasteiger partial charge in [-0.25, -0.2) is 9.69 Å². The van der Waals surface area contributed by atoms with Gasteiger partial charge in [-0.3, -0.25) is 4.79 Å². The summed E-state index contributed by atoms with van der Waals surface area (Å²) in [4.78, 5) is 26.3. The van der Waals surface area contributed by atoms with Crippen LogP contribution in [0.5, 0.6) is 0 Å². The number of benzene rings is 1. The fourth-order valence-corrected chi connectivity index (χ4v) is 10.3. The Kier molecular flexibility index (Phi) is 7.63. The van der Waals surface area contributed by atoms with Gasteiger partial charge in [0, 0.05) is 0 Å². The van der Waals surface area contributed by atoms with Crippen LogP contribution in [0.2, 0.25) is 16.6 Å². The van der Waals surface area contributed by atoms with Crippen LogP contribution >= 0.6 is 0 Å². The van der Waals surface area contributed by atoms with Crippen LogP contribution in [0.15, 0.2) is 24.3 Å². The Bertz CT molecular complexity index is 771. The van der Waals surface area contributed by atoms with E-state index in [2.05, 4.69) is 41.5 Å². The second-order valence-electron chi connectivity index (χ2n) is 8.83. The Morgan fingerprint density at radius 2 is 1.52 bits per heavy atom. The maximum atomic E-state index is 13.0. The Morgan fingerprint density at radius 1 is 1.03 bits per heavy atom. The summed E-state index contributed by atoms with van der Waals surface area (Å²) < 4.78 is 50.6. The van der Waals surface area contributed by atoms with Gasteiger partial charge in [0.1, 0.15) is 6.04 Å². The highest BCUT2D eigenvalue weighted by Gasteiger charge is 2.58. The molecule has 1 aromatic rings. The molecule has 0 aliphatic carbocycles. The lowest BCUT2D eigenvalue weighted by molar-refractivity contribution is -0.161. The van der Waals surface area contributed by atoms with Crippen molar-refractivity contribution in [1.82, 2.24) is 4.90 Å². The van der Waals surface area contributed by atoms with E-state index in [-0.39, 0.29) is 23.2 Å². The molecule has 31 heavy (non-hydrogen) atoms. The molecule has 1 aliphatic heterocycles. The van der Waals surface area contributed by atoms with E-state index < -0.39 is 44.2 Å². The summed E-state index contributed by atoms with van der Waals surface area (Å²) in [5.74, 6) is -0.512. The predicted octanol–water partition coefficient (Wildman–Crippen LogP) is 6.31. The van der Waals surface area contributed by atoms with E-state index in [0.717, 1.165) is 17.0 Å². The molecule has 2 atom stereocenters. The van der Waals surface area contributed by atoms with E-state index in [4.69, 9.17) is 9.16 Å². The maximum Gasteiger partial charge on any atom is 0.417 e. The third-order valence-electron chi connectivity index (χ3n) is 6.13. The number of likely N-dealkylation sites (tertiary alicyclic amines) is 1. The molecule has 2 amide bonds. The van der Waals surface area contributed by atoms with Crippen LogP contribution in [0.4, 0.5) is 18.0 Å². The van der Waals surface area contributed by atoms with Gasteiger partial charge in [-0.05, 0) is 41.2 Å². The average molecular weight is 460 g/mol. The van der Waals surface area contributed by atoms with Crippen molar-refractivity contribution in [2.75, 3.05) is 6.61 Å². The predicted molar refractivity (Wildman–Crippen MR) is 114 cm³/mol. The smallest absolute Gasteiger partial charge is 0.417 e. The van der Waals surface area contributed by atoms with E-state index in [9.17, 15) is 22.8 Å². The van der Waals surface area contributed by atoms with Crippen LogP contribution < -0.4 is 0 Å². The van der Waals surface area contributed by atoms with Crippen molar-refractivity contribution in [2.24, 2.45) is 0 Å². The first-order chi connectivity index (χ1) is 14.3. The molecule has 0 radical (unpaired) electrons. The zero-order valence-electron chi connectivity index (χ0n) is 19.1. The van der Waals surface area contributed by atoms with E-state index in [0.29, 0.717) is 5.56 Å². The molecule has 0 aromatic heterocycles. The SMILES string of the molecule is CCOC(=O)N1C(=O)[C@H](O[Si](C(C)C)(C(C)C)C(C)C)[C@@H]1c1ccc(C(F)(F)F)cc1. The number of halogens is 3. The van der Waals surface area contributed by atoms with Crippen LogP contribution in [0.3, 0.4) is 0 Å². The number of hydrogen-bond donors (Lipinski definition) is 0. The van der Waals surface area contributed by atoms with Gasteiger partial charge in [0.15, 0.2) is 6.10 Å². The van der Waals surface area contributed by atoms with Gasteiger partial charge in [-0.2, -0.15) is 13.2 Å². The standard InChI is InChI=1S/C22H32F3NO4Si/c1-8-29-21(28)26-18(16-9-11-17(12-10-16)22(23,24)25)19(20(26)27)30-31(13(2)3,14(4)5)15(6)7/h9-15,18-19H,8H2,1-7H3/t18-,19+/m0/s1. The van der Waals surface area contributed by atoms with Gasteiger partial charge < -0.3 is 9.16 Å². The van der Waals surface area contributed by atoms with Gasteiger partial charge in [0.2, 0.25) is 8.32 Å². The first-order valence-corrected chi connectivity index (χ1v) is 12.8. The molecule has 0 unspecified atom stereocenters. The number of alkyl halides is 3. The summed E-state index contributed by atoms with van der Waals surface area (Å²) in [5.41, 5.74) is 0.211. The maximum absolute atomic E-state index is 13.0. The molecule has 174 valence electrons. The van der Waals surface area contributed by atoms with Crippen molar-refractivity contribution in [3.05, 3.63) is 35.4 Å². The van der Waals surface area contributed by atoms with Gasteiger partial charge >= 0.3 is 12.3 Å². The van der Waals surface area contributed by atoms with Crippen molar-refractivity contribution in [3.8, 4) is 0 Å². The molecule has 1 fully saturated rings. The van der Waals surface area contributed by atoms with Crippen LogP contribution in [-0.2, 0) is 20.1 Å². The lowest BCUT2D eigenvalue weighted by Crippen LogP contribution is -2.66. The average Bonchev–Trinajstić information content (AvgIpc) is 2.65. The van der Waals surface area contributed by atoms with Gasteiger partial charge in [-0.15, -0.1) is 0 Å². The molecule has 2 rings (SSSR count). The Balaban J connectivity index is 2.48. The molecule has 0 spiro atoms. The van der Waals surface area contributed by atoms with Crippen LogP contribution in [0.1, 0.15) is 65.6 Å². The molecule has 0 N–H and O–H groups in total. The number of imide groups is 1. The third kappa shape index (κ3) is 4.67. The molecule has 5 nitrogen and oxygen atoms in total. The molecule has 0 bridgehead atoms. The molecule has 1 saturated heterocycles. The number of rotatable bonds is 7. The number of β-lactam (4-membered cyclic amide) rings is 1. The lowest BCUT2D eigenvalue weighted by atomic mass is 9.91. The number of nitrogens with zero attached hydrogens (tertiary/aromatic N) is 1. The Morgan fingerprint density at radius 3 is 1.90 bits per heavy atom. The van der Waals surface area contributed by atoms with Gasteiger partial charge in [-0.1, -0.05) is 53.7 Å². The van der Waals surface area contributed by atoms with Crippen molar-refractivity contribution in [3.63, 3.8) is 0 Å². The van der Waals surface area contributed by atoms with Crippen molar-refractivity contribution < 1.29 is 31.9 Å². The highest BCUT2D eigenvalue weighted by Crippen LogP contribution is 2.48. The van der Waals surface area contributed by atoms with Gasteiger partial charge in [0.05, 0.1) is 12.2 Å². The molecule has 1 heterocycles. The lowest BCUT2D eigenvalue weighted by Gasteiger charge is -2.51. The van der Waals surface area contributed by atoms with E-state index in [1.807, 2.05) is 0 Å². The minimum Gasteiger partial charge on any atom is -0.449 e. The fraction of sp³-hybridized carbons (Fsp3) is 0.636. The van der Waals surface area contributed by atoms with Gasteiger partial charge in [0.25, 0.3) is 5.91 Å². The van der Waals surface area contributed by atoms with Crippen molar-refractivity contribution in [1.29, 1.82) is 0 Å². The number of carbonyl (C=O) groups excluding carboxylic acids is 2. The highest BCUT2D eigenvalue weighted by molar-refractivity contribution is 6.77. The highest BCUT2D eigenvalue weighted by atomic mass is 28.4. The molecule has 1 aliphatic rings. The monoisotopic (exact) mass is 459 g/mol. The summed E-state index contributed by atoms with van der Waals surface area (Å²) in [6.45, 7) is 14.2. The molecule has 1 aromatic carbocycles. The minimum absolute atomic E-state index is 0.0799. The number of amides is 2. The zero-order chi connectivity index (χ0) is 23.7.